The Labute approximate surface area is 83.1 Å². The summed E-state index contributed by atoms with van der Waals surface area (Å²) >= 11 is 3.06. The molecule has 1 atom stereocenters. The topological polar surface area (TPSA) is 23.8 Å². The van der Waals surface area contributed by atoms with E-state index in [0.717, 1.165) is 12.1 Å². The minimum atomic E-state index is -0.785. The lowest BCUT2D eigenvalue weighted by Crippen LogP contribution is -1.98. The average Bonchev–Trinajstić information content (AvgIpc) is 2.04. The van der Waals surface area contributed by atoms with Crippen molar-refractivity contribution in [2.75, 3.05) is 0 Å². The second-order valence-electron chi connectivity index (χ2n) is 2.55. The first-order valence-electron chi connectivity index (χ1n) is 3.60. The van der Waals surface area contributed by atoms with E-state index in [2.05, 4.69) is 15.9 Å². The van der Waals surface area contributed by atoms with Gasteiger partial charge in [0.15, 0.2) is 0 Å². The highest BCUT2D eigenvalue weighted by Gasteiger charge is 2.16. The molecule has 0 aliphatic heterocycles. The number of benzene rings is 1. The van der Waals surface area contributed by atoms with Crippen LogP contribution in [0.1, 0.15) is 22.9 Å². The highest BCUT2D eigenvalue weighted by molar-refractivity contribution is 9.09. The summed E-state index contributed by atoms with van der Waals surface area (Å²) in [6.45, 7) is 1.60. The van der Waals surface area contributed by atoms with Gasteiger partial charge in [-0.1, -0.05) is 15.9 Å². The minimum absolute atomic E-state index is 0.0981. The summed E-state index contributed by atoms with van der Waals surface area (Å²) in [5.41, 5.74) is -0.234. The monoisotopic (exact) mass is 245 g/mol. The van der Waals surface area contributed by atoms with E-state index in [1.54, 1.807) is 13.0 Å². The SMILES string of the molecule is CC(Br)c1c(F)ccc(C#N)c1F. The standard InChI is InChI=1S/C9H6BrF2N/c1-5(10)8-7(11)3-2-6(4-13)9(8)12/h2-3,5H,1H3. The zero-order chi connectivity index (χ0) is 10.0. The van der Waals surface area contributed by atoms with Gasteiger partial charge in [-0.2, -0.15) is 5.26 Å². The van der Waals surface area contributed by atoms with Crippen LogP contribution in [-0.4, -0.2) is 0 Å². The maximum absolute atomic E-state index is 13.3. The third kappa shape index (κ3) is 1.86. The number of alkyl halides is 1. The van der Waals surface area contributed by atoms with Gasteiger partial charge in [0.05, 0.1) is 5.56 Å². The molecule has 0 aliphatic carbocycles. The van der Waals surface area contributed by atoms with Crippen LogP contribution in [0.15, 0.2) is 12.1 Å². The van der Waals surface area contributed by atoms with Crippen molar-refractivity contribution in [1.82, 2.24) is 0 Å². The van der Waals surface area contributed by atoms with E-state index >= 15 is 0 Å². The van der Waals surface area contributed by atoms with Crippen molar-refractivity contribution in [1.29, 1.82) is 5.26 Å². The Morgan fingerprint density at radius 1 is 1.46 bits per heavy atom. The number of nitriles is 1. The lowest BCUT2D eigenvalue weighted by Gasteiger charge is -2.07. The van der Waals surface area contributed by atoms with Gasteiger partial charge in [0.2, 0.25) is 0 Å². The van der Waals surface area contributed by atoms with Gasteiger partial charge in [0, 0.05) is 10.4 Å². The van der Waals surface area contributed by atoms with Gasteiger partial charge in [-0.3, -0.25) is 0 Å². The maximum Gasteiger partial charge on any atom is 0.148 e. The van der Waals surface area contributed by atoms with Crippen molar-refractivity contribution in [2.45, 2.75) is 11.8 Å². The summed E-state index contributed by atoms with van der Waals surface area (Å²) in [5.74, 6) is -1.42. The van der Waals surface area contributed by atoms with Crippen LogP contribution in [0.3, 0.4) is 0 Å². The van der Waals surface area contributed by atoms with Crippen molar-refractivity contribution >= 4 is 15.9 Å². The van der Waals surface area contributed by atoms with Crippen LogP contribution in [-0.2, 0) is 0 Å². The van der Waals surface area contributed by atoms with E-state index < -0.39 is 16.5 Å². The number of hydrogen-bond donors (Lipinski definition) is 0. The summed E-state index contributed by atoms with van der Waals surface area (Å²) in [6.07, 6.45) is 0. The lowest BCUT2D eigenvalue weighted by atomic mass is 10.1. The first-order chi connectivity index (χ1) is 6.07. The molecule has 0 fully saturated rings. The smallest absolute Gasteiger partial charge is 0.148 e. The average molecular weight is 246 g/mol. The molecule has 68 valence electrons. The predicted octanol–water partition coefficient (Wildman–Crippen LogP) is 3.29. The van der Waals surface area contributed by atoms with Crippen LogP contribution < -0.4 is 0 Å². The molecule has 0 amide bonds. The van der Waals surface area contributed by atoms with Crippen LogP contribution in [0.25, 0.3) is 0 Å². The molecule has 4 heteroatoms. The molecule has 0 aromatic heterocycles. The third-order valence-corrected chi connectivity index (χ3v) is 2.10. The molecule has 0 bridgehead atoms. The summed E-state index contributed by atoms with van der Waals surface area (Å²) < 4.78 is 26.3. The molecular formula is C9H6BrF2N. The molecule has 0 saturated heterocycles. The molecule has 0 radical (unpaired) electrons. The highest BCUT2D eigenvalue weighted by Crippen LogP contribution is 2.28. The Kier molecular flexibility index (Phi) is 2.99. The molecular weight excluding hydrogens is 240 g/mol. The van der Waals surface area contributed by atoms with E-state index in [1.807, 2.05) is 0 Å². The molecule has 0 N–H and O–H groups in total. The lowest BCUT2D eigenvalue weighted by molar-refractivity contribution is 0.556. The summed E-state index contributed by atoms with van der Waals surface area (Å²) in [5, 5.41) is 8.49. The second-order valence-corrected chi connectivity index (χ2v) is 3.92. The fraction of sp³-hybridized carbons (Fsp3) is 0.222. The molecule has 1 unspecified atom stereocenters. The molecule has 1 rings (SSSR count). The third-order valence-electron chi connectivity index (χ3n) is 1.64. The van der Waals surface area contributed by atoms with E-state index in [9.17, 15) is 8.78 Å². The van der Waals surface area contributed by atoms with Gasteiger partial charge in [-0.25, -0.2) is 8.78 Å². The Morgan fingerprint density at radius 3 is 2.54 bits per heavy atom. The van der Waals surface area contributed by atoms with Gasteiger partial charge < -0.3 is 0 Å². The van der Waals surface area contributed by atoms with Crippen molar-refractivity contribution < 1.29 is 8.78 Å². The van der Waals surface area contributed by atoms with Crippen LogP contribution >= 0.6 is 15.9 Å². The van der Waals surface area contributed by atoms with E-state index in [-0.39, 0.29) is 11.1 Å². The second kappa shape index (κ2) is 3.84. The van der Waals surface area contributed by atoms with Gasteiger partial charge in [-0.15, -0.1) is 0 Å². The fourth-order valence-electron chi connectivity index (χ4n) is 1.02. The van der Waals surface area contributed by atoms with Gasteiger partial charge in [-0.05, 0) is 19.1 Å². The van der Waals surface area contributed by atoms with Gasteiger partial charge in [0.1, 0.15) is 17.7 Å². The molecule has 0 saturated carbocycles. The van der Waals surface area contributed by atoms with Gasteiger partial charge in [0.25, 0.3) is 0 Å². The van der Waals surface area contributed by atoms with E-state index in [0.29, 0.717) is 0 Å². The molecule has 1 aromatic carbocycles. The first kappa shape index (κ1) is 10.1. The molecule has 0 spiro atoms. The Hall–Kier alpha value is -0.950. The normalized spacial score (nSPS) is 12.2. The summed E-state index contributed by atoms with van der Waals surface area (Å²) in [4.78, 5) is -0.444. The van der Waals surface area contributed by atoms with Crippen molar-refractivity contribution in [3.63, 3.8) is 0 Å². The number of hydrogen-bond acceptors (Lipinski definition) is 1. The summed E-state index contributed by atoms with van der Waals surface area (Å²) in [7, 11) is 0. The zero-order valence-corrected chi connectivity index (χ0v) is 8.40. The van der Waals surface area contributed by atoms with E-state index in [1.165, 1.54) is 0 Å². The van der Waals surface area contributed by atoms with E-state index in [4.69, 9.17) is 5.26 Å². The Morgan fingerprint density at radius 2 is 2.08 bits per heavy atom. The van der Waals surface area contributed by atoms with Gasteiger partial charge >= 0.3 is 0 Å². The molecule has 0 heterocycles. The van der Waals surface area contributed by atoms with Crippen molar-refractivity contribution in [3.05, 3.63) is 34.9 Å². The van der Waals surface area contributed by atoms with Crippen LogP contribution in [0.4, 0.5) is 8.78 Å². The maximum atomic E-state index is 13.3. The van der Waals surface area contributed by atoms with Crippen LogP contribution in [0.2, 0.25) is 0 Å². The molecule has 13 heavy (non-hydrogen) atoms. The minimum Gasteiger partial charge on any atom is -0.207 e. The number of halogens is 3. The number of rotatable bonds is 1. The largest absolute Gasteiger partial charge is 0.207 e. The molecule has 1 nitrogen and oxygen atoms in total. The molecule has 0 aliphatic rings. The molecule has 1 aromatic rings. The highest BCUT2D eigenvalue weighted by atomic mass is 79.9. The van der Waals surface area contributed by atoms with Crippen molar-refractivity contribution in [3.8, 4) is 6.07 Å². The summed E-state index contributed by atoms with van der Waals surface area (Å²) in [6, 6.07) is 3.88. The zero-order valence-electron chi connectivity index (χ0n) is 6.81. The number of nitrogens with zero attached hydrogens (tertiary/aromatic N) is 1. The Balaban J connectivity index is 3.41. The Bertz CT molecular complexity index is 369. The fourth-order valence-corrected chi connectivity index (χ4v) is 1.44. The van der Waals surface area contributed by atoms with Crippen molar-refractivity contribution in [2.24, 2.45) is 0 Å². The van der Waals surface area contributed by atoms with Crippen LogP contribution in [0, 0.1) is 23.0 Å². The quantitative estimate of drug-likeness (QED) is 0.697. The van der Waals surface area contributed by atoms with Crippen LogP contribution in [0.5, 0.6) is 0 Å². The first-order valence-corrected chi connectivity index (χ1v) is 4.51. The predicted molar refractivity (Wildman–Crippen MR) is 48.4 cm³/mol.